The van der Waals surface area contributed by atoms with Gasteiger partial charge in [-0.15, -0.1) is 11.8 Å². The highest BCUT2D eigenvalue weighted by Gasteiger charge is 2.04. The molecule has 0 unspecified atom stereocenters. The highest BCUT2D eigenvalue weighted by Crippen LogP contribution is 2.18. The zero-order chi connectivity index (χ0) is 14.2. The third-order valence-corrected chi connectivity index (χ3v) is 3.52. The second-order valence-corrected chi connectivity index (χ2v) is 5.16. The number of anilines is 1. The molecule has 0 fully saturated rings. The van der Waals surface area contributed by atoms with Crippen LogP contribution in [0.3, 0.4) is 0 Å². The largest absolute Gasteiger partial charge is 0.497 e. The lowest BCUT2D eigenvalue weighted by Crippen LogP contribution is -2.12. The standard InChI is InChI=1S/C15H16N2O2S/c1-19-13-6-4-5-12(11-13)17-14(18)8-10-20-15-7-2-3-9-16-15/h2-7,9,11H,8,10H2,1H3,(H,17,18). The first-order valence-electron chi connectivity index (χ1n) is 6.25. The highest BCUT2D eigenvalue weighted by atomic mass is 32.2. The van der Waals surface area contributed by atoms with Gasteiger partial charge in [0.25, 0.3) is 0 Å². The molecule has 0 atom stereocenters. The molecule has 0 radical (unpaired) electrons. The number of thioether (sulfide) groups is 1. The van der Waals surface area contributed by atoms with Crippen LogP contribution in [0.15, 0.2) is 53.7 Å². The number of rotatable bonds is 6. The van der Waals surface area contributed by atoms with Crippen LogP contribution in [0.2, 0.25) is 0 Å². The summed E-state index contributed by atoms with van der Waals surface area (Å²) in [4.78, 5) is 16.0. The molecule has 0 saturated carbocycles. The maximum atomic E-state index is 11.8. The number of hydrogen-bond donors (Lipinski definition) is 1. The minimum Gasteiger partial charge on any atom is -0.497 e. The zero-order valence-corrected chi connectivity index (χ0v) is 12.0. The van der Waals surface area contributed by atoms with Gasteiger partial charge < -0.3 is 10.1 Å². The number of aromatic nitrogens is 1. The third kappa shape index (κ3) is 4.59. The molecule has 5 heteroatoms. The average molecular weight is 288 g/mol. The van der Waals surface area contributed by atoms with Gasteiger partial charge in [-0.05, 0) is 24.3 Å². The molecule has 0 aliphatic rings. The molecule has 1 amide bonds. The number of pyridine rings is 1. The van der Waals surface area contributed by atoms with Crippen LogP contribution in [-0.2, 0) is 4.79 Å². The third-order valence-electron chi connectivity index (χ3n) is 2.57. The van der Waals surface area contributed by atoms with Crippen LogP contribution in [-0.4, -0.2) is 23.8 Å². The quantitative estimate of drug-likeness (QED) is 0.829. The van der Waals surface area contributed by atoms with Gasteiger partial charge >= 0.3 is 0 Å². The Bertz CT molecular complexity index is 561. The van der Waals surface area contributed by atoms with E-state index >= 15 is 0 Å². The second kappa shape index (κ2) is 7.55. The van der Waals surface area contributed by atoms with E-state index in [1.54, 1.807) is 31.1 Å². The molecule has 0 aliphatic carbocycles. The van der Waals surface area contributed by atoms with Gasteiger partial charge in [0, 0.05) is 30.1 Å². The summed E-state index contributed by atoms with van der Waals surface area (Å²) < 4.78 is 5.11. The monoisotopic (exact) mass is 288 g/mol. The van der Waals surface area contributed by atoms with E-state index in [9.17, 15) is 4.79 Å². The molecule has 0 saturated heterocycles. The predicted molar refractivity (Wildman–Crippen MR) is 81.2 cm³/mol. The van der Waals surface area contributed by atoms with Crippen molar-refractivity contribution >= 4 is 23.4 Å². The maximum absolute atomic E-state index is 11.8. The first kappa shape index (κ1) is 14.4. The first-order valence-corrected chi connectivity index (χ1v) is 7.24. The van der Waals surface area contributed by atoms with Gasteiger partial charge in [-0.2, -0.15) is 0 Å². The van der Waals surface area contributed by atoms with Crippen LogP contribution in [0, 0.1) is 0 Å². The Hall–Kier alpha value is -2.01. The van der Waals surface area contributed by atoms with Crippen LogP contribution < -0.4 is 10.1 Å². The van der Waals surface area contributed by atoms with Crippen molar-refractivity contribution in [3.8, 4) is 5.75 Å². The molecular formula is C15H16N2O2S. The van der Waals surface area contributed by atoms with Gasteiger partial charge in [0.2, 0.25) is 5.91 Å². The fourth-order valence-electron chi connectivity index (χ4n) is 1.61. The predicted octanol–water partition coefficient (Wildman–Crippen LogP) is 3.21. The molecule has 0 bridgehead atoms. The van der Waals surface area contributed by atoms with Gasteiger partial charge in [0.05, 0.1) is 12.1 Å². The van der Waals surface area contributed by atoms with Crippen LogP contribution in [0.4, 0.5) is 5.69 Å². The van der Waals surface area contributed by atoms with E-state index in [0.717, 1.165) is 16.5 Å². The Morgan fingerprint density at radius 3 is 2.95 bits per heavy atom. The van der Waals surface area contributed by atoms with Gasteiger partial charge in [-0.25, -0.2) is 4.98 Å². The number of carbonyl (C=O) groups excluding carboxylic acids is 1. The molecule has 1 aromatic heterocycles. The lowest BCUT2D eigenvalue weighted by atomic mass is 10.3. The highest BCUT2D eigenvalue weighted by molar-refractivity contribution is 7.99. The summed E-state index contributed by atoms with van der Waals surface area (Å²) >= 11 is 1.57. The van der Waals surface area contributed by atoms with Crippen molar-refractivity contribution in [3.63, 3.8) is 0 Å². The van der Waals surface area contributed by atoms with Crippen molar-refractivity contribution in [2.24, 2.45) is 0 Å². The van der Waals surface area contributed by atoms with E-state index in [1.165, 1.54) is 0 Å². The Balaban J connectivity index is 1.77. The van der Waals surface area contributed by atoms with E-state index in [0.29, 0.717) is 12.2 Å². The van der Waals surface area contributed by atoms with Gasteiger partial charge in [-0.3, -0.25) is 4.79 Å². The maximum Gasteiger partial charge on any atom is 0.225 e. The van der Waals surface area contributed by atoms with E-state index in [2.05, 4.69) is 10.3 Å². The number of nitrogens with one attached hydrogen (secondary N) is 1. The van der Waals surface area contributed by atoms with E-state index in [1.807, 2.05) is 36.4 Å². The van der Waals surface area contributed by atoms with Crippen LogP contribution >= 0.6 is 11.8 Å². The summed E-state index contributed by atoms with van der Waals surface area (Å²) in [6.07, 6.45) is 2.19. The minimum absolute atomic E-state index is 0.0123. The first-order chi connectivity index (χ1) is 9.78. The van der Waals surface area contributed by atoms with Crippen molar-refractivity contribution in [1.82, 2.24) is 4.98 Å². The molecule has 1 aromatic carbocycles. The number of amides is 1. The van der Waals surface area contributed by atoms with Gasteiger partial charge in [0.15, 0.2) is 0 Å². The summed E-state index contributed by atoms with van der Waals surface area (Å²) in [6.45, 7) is 0. The lowest BCUT2D eigenvalue weighted by Gasteiger charge is -2.06. The van der Waals surface area contributed by atoms with E-state index in [-0.39, 0.29) is 5.91 Å². The summed E-state index contributed by atoms with van der Waals surface area (Å²) in [5.41, 5.74) is 0.747. The summed E-state index contributed by atoms with van der Waals surface area (Å²) in [6, 6.07) is 13.1. The number of carbonyl (C=O) groups is 1. The van der Waals surface area contributed by atoms with Gasteiger partial charge in [0.1, 0.15) is 5.75 Å². The molecule has 1 N–H and O–H groups in total. The number of nitrogens with zero attached hydrogens (tertiary/aromatic N) is 1. The second-order valence-electron chi connectivity index (χ2n) is 4.05. The Morgan fingerprint density at radius 2 is 2.20 bits per heavy atom. The molecule has 4 nitrogen and oxygen atoms in total. The average Bonchev–Trinajstić information content (AvgIpc) is 2.48. The lowest BCUT2D eigenvalue weighted by molar-refractivity contribution is -0.115. The SMILES string of the molecule is COc1cccc(NC(=O)CCSc2ccccn2)c1. The molecular weight excluding hydrogens is 272 g/mol. The topological polar surface area (TPSA) is 51.2 Å². The van der Waals surface area contributed by atoms with Gasteiger partial charge in [-0.1, -0.05) is 12.1 Å². The summed E-state index contributed by atoms with van der Waals surface area (Å²) in [5, 5.41) is 3.78. The number of benzene rings is 1. The zero-order valence-electron chi connectivity index (χ0n) is 11.2. The molecule has 0 aliphatic heterocycles. The number of methoxy groups -OCH3 is 1. The number of ether oxygens (including phenoxy) is 1. The van der Waals surface area contributed by atoms with Crippen molar-refractivity contribution in [3.05, 3.63) is 48.7 Å². The fraction of sp³-hybridized carbons (Fsp3) is 0.200. The Labute approximate surface area is 122 Å². The Morgan fingerprint density at radius 1 is 1.30 bits per heavy atom. The van der Waals surface area contributed by atoms with Crippen molar-refractivity contribution in [2.75, 3.05) is 18.2 Å². The normalized spacial score (nSPS) is 10.1. The molecule has 0 spiro atoms. The minimum atomic E-state index is -0.0123. The molecule has 20 heavy (non-hydrogen) atoms. The van der Waals surface area contributed by atoms with Crippen LogP contribution in [0.5, 0.6) is 5.75 Å². The van der Waals surface area contributed by atoms with Crippen molar-refractivity contribution in [2.45, 2.75) is 11.4 Å². The van der Waals surface area contributed by atoms with Crippen LogP contribution in [0.25, 0.3) is 0 Å². The smallest absolute Gasteiger partial charge is 0.225 e. The fourth-order valence-corrected chi connectivity index (χ4v) is 2.41. The molecule has 2 rings (SSSR count). The summed E-state index contributed by atoms with van der Waals surface area (Å²) in [5.74, 6) is 1.42. The van der Waals surface area contributed by atoms with E-state index in [4.69, 9.17) is 4.74 Å². The van der Waals surface area contributed by atoms with E-state index < -0.39 is 0 Å². The van der Waals surface area contributed by atoms with Crippen LogP contribution in [0.1, 0.15) is 6.42 Å². The van der Waals surface area contributed by atoms with Crippen molar-refractivity contribution < 1.29 is 9.53 Å². The molecule has 2 aromatic rings. The molecule has 104 valence electrons. The Kier molecular flexibility index (Phi) is 5.43. The molecule has 1 heterocycles. The number of hydrogen-bond acceptors (Lipinski definition) is 4. The van der Waals surface area contributed by atoms with Crippen molar-refractivity contribution in [1.29, 1.82) is 0 Å². The summed E-state index contributed by atoms with van der Waals surface area (Å²) in [7, 11) is 1.60.